The van der Waals surface area contributed by atoms with Crippen molar-refractivity contribution < 1.29 is 14.0 Å². The molecule has 1 unspecified atom stereocenters. The molecule has 2 N–H and O–H groups in total. The fourth-order valence-electron chi connectivity index (χ4n) is 2.98. The van der Waals surface area contributed by atoms with Crippen LogP contribution in [0.5, 0.6) is 0 Å². The summed E-state index contributed by atoms with van der Waals surface area (Å²) in [4.78, 5) is 24.2. The van der Waals surface area contributed by atoms with Crippen molar-refractivity contribution in [2.24, 2.45) is 0 Å². The number of carbonyl (C=O) groups excluding carboxylic acids is 2. The lowest BCUT2D eigenvalue weighted by Gasteiger charge is -2.18. The van der Waals surface area contributed by atoms with Crippen LogP contribution in [0.25, 0.3) is 11.1 Å². The van der Waals surface area contributed by atoms with Gasteiger partial charge in [-0.15, -0.1) is 0 Å². The average molecular weight is 359 g/mol. The molecule has 2 amide bonds. The summed E-state index contributed by atoms with van der Waals surface area (Å²) in [7, 11) is 0. The number of carbonyl (C=O) groups is 2. The molecule has 0 spiro atoms. The Morgan fingerprint density at radius 1 is 1.28 bits per heavy atom. The van der Waals surface area contributed by atoms with Gasteiger partial charge in [0, 0.05) is 18.4 Å². The Morgan fingerprint density at radius 3 is 2.80 bits per heavy atom. The van der Waals surface area contributed by atoms with E-state index in [0.29, 0.717) is 19.4 Å². The van der Waals surface area contributed by atoms with Gasteiger partial charge in [0.1, 0.15) is 11.9 Å². The summed E-state index contributed by atoms with van der Waals surface area (Å²) in [5, 5.41) is 2.47. The van der Waals surface area contributed by atoms with Gasteiger partial charge in [0.2, 0.25) is 12.3 Å². The summed E-state index contributed by atoms with van der Waals surface area (Å²) in [5.41, 5.74) is 2.75. The van der Waals surface area contributed by atoms with Gasteiger partial charge >= 0.3 is 0 Å². The van der Waals surface area contributed by atoms with E-state index >= 15 is 0 Å². The molecule has 7 heteroatoms. The Labute approximate surface area is 149 Å². The Hall–Kier alpha value is -2.54. The van der Waals surface area contributed by atoms with Gasteiger partial charge < -0.3 is 14.9 Å². The molecule has 1 aliphatic heterocycles. The number of benzene rings is 2. The van der Waals surface area contributed by atoms with E-state index in [1.807, 2.05) is 30.5 Å². The van der Waals surface area contributed by atoms with Crippen LogP contribution in [-0.2, 0) is 9.59 Å². The lowest BCUT2D eigenvalue weighted by Crippen LogP contribution is -2.37. The number of hydrogen-bond acceptors (Lipinski definition) is 4. The van der Waals surface area contributed by atoms with Crippen molar-refractivity contribution in [3.05, 3.63) is 48.3 Å². The molecule has 130 valence electrons. The van der Waals surface area contributed by atoms with E-state index in [4.69, 9.17) is 0 Å². The highest BCUT2D eigenvalue weighted by Crippen LogP contribution is 2.33. The highest BCUT2D eigenvalue weighted by Gasteiger charge is 2.33. The van der Waals surface area contributed by atoms with Crippen LogP contribution in [0.1, 0.15) is 6.42 Å². The van der Waals surface area contributed by atoms with E-state index < -0.39 is 11.9 Å². The molecular formula is C18H18FN3O2S. The first-order chi connectivity index (χ1) is 12.2. The van der Waals surface area contributed by atoms with Crippen molar-refractivity contribution in [3.63, 3.8) is 0 Å². The molecule has 1 atom stereocenters. The molecule has 3 rings (SSSR count). The number of nitrogens with one attached hydrogen (secondary N) is 2. The normalized spacial score (nSPS) is 16.8. The largest absolute Gasteiger partial charge is 0.347 e. The zero-order valence-corrected chi connectivity index (χ0v) is 14.5. The Morgan fingerprint density at radius 2 is 2.08 bits per heavy atom. The molecule has 0 saturated carbocycles. The first-order valence-corrected chi connectivity index (χ1v) is 9.07. The molecule has 0 radical (unpaired) electrons. The van der Waals surface area contributed by atoms with E-state index in [-0.39, 0.29) is 11.6 Å². The van der Waals surface area contributed by atoms with Crippen molar-refractivity contribution in [2.45, 2.75) is 12.5 Å². The first kappa shape index (κ1) is 17.3. The average Bonchev–Trinajstić information content (AvgIpc) is 2.97. The lowest BCUT2D eigenvalue weighted by molar-refractivity contribution is -0.121. The third-order valence-electron chi connectivity index (χ3n) is 4.16. The summed E-state index contributed by atoms with van der Waals surface area (Å²) in [5.74, 6) is -0.750. The van der Waals surface area contributed by atoms with Gasteiger partial charge in [0.25, 0.3) is 0 Å². The highest BCUT2D eigenvalue weighted by atomic mass is 32.2. The van der Waals surface area contributed by atoms with Crippen molar-refractivity contribution in [3.8, 4) is 11.1 Å². The van der Waals surface area contributed by atoms with Crippen LogP contribution < -0.4 is 14.9 Å². The molecule has 0 aliphatic carbocycles. The zero-order chi connectivity index (χ0) is 17.8. The minimum atomic E-state index is -0.580. The Balaban J connectivity index is 1.90. The number of amides is 2. The molecule has 0 bridgehead atoms. The Bertz CT molecular complexity index is 800. The van der Waals surface area contributed by atoms with Crippen LogP contribution >= 0.6 is 11.9 Å². The summed E-state index contributed by atoms with van der Waals surface area (Å²) in [6, 6.07) is 11.9. The van der Waals surface area contributed by atoms with Crippen molar-refractivity contribution >= 4 is 35.6 Å². The maximum absolute atomic E-state index is 14.7. The fraction of sp³-hybridized carbons (Fsp3) is 0.222. The molecule has 1 aliphatic rings. The van der Waals surface area contributed by atoms with Gasteiger partial charge in [0.05, 0.1) is 11.4 Å². The van der Waals surface area contributed by atoms with Crippen LogP contribution in [0, 0.1) is 5.82 Å². The topological polar surface area (TPSA) is 61.4 Å². The summed E-state index contributed by atoms with van der Waals surface area (Å²) >= 11 is 1.46. The molecule has 1 fully saturated rings. The van der Waals surface area contributed by atoms with E-state index in [1.165, 1.54) is 22.9 Å². The molecule has 0 aromatic heterocycles. The highest BCUT2D eigenvalue weighted by molar-refractivity contribution is 7.99. The predicted octanol–water partition coefficient (Wildman–Crippen LogP) is 3.03. The monoisotopic (exact) mass is 359 g/mol. The number of hydrogen-bond donors (Lipinski definition) is 2. The number of halogens is 1. The van der Waals surface area contributed by atoms with Crippen molar-refractivity contribution in [1.82, 2.24) is 5.32 Å². The molecule has 2 aromatic rings. The second-order valence-corrected chi connectivity index (χ2v) is 6.25. The molecule has 2 aromatic carbocycles. The summed E-state index contributed by atoms with van der Waals surface area (Å²) in [6.45, 7) is 0.380. The zero-order valence-electron chi connectivity index (χ0n) is 13.7. The van der Waals surface area contributed by atoms with Gasteiger partial charge in [-0.25, -0.2) is 4.39 Å². The smallest absolute Gasteiger partial charge is 0.249 e. The molecule has 25 heavy (non-hydrogen) atoms. The lowest BCUT2D eigenvalue weighted by atomic mass is 10.0. The number of rotatable bonds is 6. The van der Waals surface area contributed by atoms with Crippen molar-refractivity contribution in [2.75, 3.05) is 22.4 Å². The SMILES string of the molecule is CSNc1ccccc1-c1ccc(N2CCC(NC=O)C2=O)c(F)c1. The van der Waals surface area contributed by atoms with E-state index in [0.717, 1.165) is 16.8 Å². The first-order valence-electron chi connectivity index (χ1n) is 7.84. The minimum absolute atomic E-state index is 0.235. The van der Waals surface area contributed by atoms with Crippen LogP contribution in [0.4, 0.5) is 15.8 Å². The van der Waals surface area contributed by atoms with Gasteiger partial charge in [0.15, 0.2) is 0 Å². The number of nitrogens with zero attached hydrogens (tertiary/aromatic N) is 1. The Kier molecular flexibility index (Phi) is 5.23. The van der Waals surface area contributed by atoms with Gasteiger partial charge in [-0.05, 0) is 30.2 Å². The van der Waals surface area contributed by atoms with E-state index in [9.17, 15) is 14.0 Å². The third-order valence-corrected chi connectivity index (χ3v) is 4.59. The second-order valence-electron chi connectivity index (χ2n) is 5.63. The van der Waals surface area contributed by atoms with Crippen LogP contribution in [0.15, 0.2) is 42.5 Å². The fourth-order valence-corrected chi connectivity index (χ4v) is 3.38. The predicted molar refractivity (Wildman–Crippen MR) is 98.9 cm³/mol. The van der Waals surface area contributed by atoms with Crippen LogP contribution in [-0.4, -0.2) is 31.2 Å². The molecular weight excluding hydrogens is 341 g/mol. The third kappa shape index (κ3) is 3.46. The summed E-state index contributed by atoms with van der Waals surface area (Å²) in [6.07, 6.45) is 2.89. The van der Waals surface area contributed by atoms with Gasteiger partial charge in [-0.3, -0.25) is 9.59 Å². The van der Waals surface area contributed by atoms with E-state index in [1.54, 1.807) is 12.1 Å². The molecule has 1 saturated heterocycles. The van der Waals surface area contributed by atoms with E-state index in [2.05, 4.69) is 10.0 Å². The van der Waals surface area contributed by atoms with Crippen LogP contribution in [0.3, 0.4) is 0 Å². The van der Waals surface area contributed by atoms with Gasteiger partial charge in [-0.1, -0.05) is 36.2 Å². The number of anilines is 2. The van der Waals surface area contributed by atoms with Crippen LogP contribution in [0.2, 0.25) is 0 Å². The van der Waals surface area contributed by atoms with Crippen molar-refractivity contribution in [1.29, 1.82) is 0 Å². The maximum Gasteiger partial charge on any atom is 0.249 e. The minimum Gasteiger partial charge on any atom is -0.347 e. The second kappa shape index (κ2) is 7.57. The summed E-state index contributed by atoms with van der Waals surface area (Å²) < 4.78 is 17.9. The maximum atomic E-state index is 14.7. The molecule has 1 heterocycles. The quantitative estimate of drug-likeness (QED) is 0.615. The van der Waals surface area contributed by atoms with Gasteiger partial charge in [-0.2, -0.15) is 0 Å². The molecule has 5 nitrogen and oxygen atoms in total. The number of para-hydroxylation sites is 1. The standard InChI is InChI=1S/C18H18FN3O2S/c1-25-21-15-5-3-2-4-13(15)12-6-7-17(14(19)10-12)22-9-8-16(18(22)24)20-11-23/h2-7,10-11,16,21H,8-9H2,1H3,(H,20,23).